The Kier molecular flexibility index (Phi) is 5.42. The molecule has 1 fully saturated rings. The Morgan fingerprint density at radius 1 is 1.32 bits per heavy atom. The first-order valence-corrected chi connectivity index (χ1v) is 7.14. The molecule has 6 heteroatoms. The summed E-state index contributed by atoms with van der Waals surface area (Å²) in [6, 6.07) is 3.74. The Hall–Kier alpha value is -1.17. The molecular weight excluding hydrogens is 291 g/mol. The van der Waals surface area contributed by atoms with E-state index in [1.807, 2.05) is 31.2 Å². The van der Waals surface area contributed by atoms with Crippen LogP contribution in [0.15, 0.2) is 30.5 Å². The minimum absolute atomic E-state index is 0. The van der Waals surface area contributed by atoms with Crippen molar-refractivity contribution in [1.82, 2.24) is 10.3 Å². The van der Waals surface area contributed by atoms with Crippen molar-refractivity contribution in [3.05, 3.63) is 41.7 Å². The zero-order chi connectivity index (χ0) is 15.0. The van der Waals surface area contributed by atoms with Gasteiger partial charge in [-0.25, -0.2) is 0 Å². The first-order chi connectivity index (χ1) is 10.1. The van der Waals surface area contributed by atoms with Crippen molar-refractivity contribution in [2.45, 2.75) is 19.9 Å². The van der Waals surface area contributed by atoms with E-state index in [2.05, 4.69) is 10.3 Å². The van der Waals surface area contributed by atoms with Gasteiger partial charge in [0.1, 0.15) is 0 Å². The molecule has 0 spiro atoms. The summed E-state index contributed by atoms with van der Waals surface area (Å²) in [4.78, 5) is 27.8. The summed E-state index contributed by atoms with van der Waals surface area (Å²) < 4.78 is 0. The van der Waals surface area contributed by atoms with Gasteiger partial charge in [0.15, 0.2) is 0 Å². The van der Waals surface area contributed by atoms with E-state index in [1.165, 1.54) is 0 Å². The number of aromatic nitrogens is 1. The smallest absolute Gasteiger partial charge is 0.550 e. The zero-order valence-electron chi connectivity index (χ0n) is 12.8. The van der Waals surface area contributed by atoms with E-state index in [0.29, 0.717) is 6.54 Å². The van der Waals surface area contributed by atoms with Crippen LogP contribution in [0, 0.1) is 30.6 Å². The molecule has 2 aliphatic rings. The number of aliphatic carboxylic acids is 1. The summed E-state index contributed by atoms with van der Waals surface area (Å²) in [6.45, 7) is 2.28. The second-order valence-electron chi connectivity index (χ2n) is 5.84. The largest absolute Gasteiger partial charge is 1.00 e. The van der Waals surface area contributed by atoms with Crippen LogP contribution in [0.1, 0.15) is 17.7 Å². The fourth-order valence-electron chi connectivity index (χ4n) is 3.52. The maximum atomic E-state index is 12.4. The van der Waals surface area contributed by atoms with Crippen molar-refractivity contribution in [2.75, 3.05) is 0 Å². The normalized spacial score (nSPS) is 28.2. The summed E-state index contributed by atoms with van der Waals surface area (Å²) in [5.74, 6) is -2.55. The molecule has 1 saturated carbocycles. The topological polar surface area (TPSA) is 82.1 Å². The molecular formula is C16H17N2NaO3. The number of hydrogen-bond donors (Lipinski definition) is 1. The van der Waals surface area contributed by atoms with Gasteiger partial charge < -0.3 is 15.2 Å². The Bertz CT molecular complexity index is 617. The van der Waals surface area contributed by atoms with Gasteiger partial charge in [-0.15, -0.1) is 0 Å². The minimum Gasteiger partial charge on any atom is -0.550 e. The molecule has 1 amide bonds. The Balaban J connectivity index is 0.00000176. The van der Waals surface area contributed by atoms with Gasteiger partial charge in [0.05, 0.1) is 5.92 Å². The van der Waals surface area contributed by atoms with Crippen LogP contribution in [-0.2, 0) is 16.1 Å². The predicted molar refractivity (Wildman–Crippen MR) is 73.5 cm³/mol. The standard InChI is InChI=1S/C16H18N2O3.Na/c1-9-6-10(4-5-17-9)8-18-15(19)13-11-2-3-12(7-11)14(13)16(20)21;/h2-6,11-14H,7-8H2,1H3,(H,18,19)(H,20,21);/q;+1/p-1/t11-,12+,13-,14+;/m1./s1. The van der Waals surface area contributed by atoms with Gasteiger partial charge in [-0.2, -0.15) is 0 Å². The predicted octanol–water partition coefficient (Wildman–Crippen LogP) is -2.80. The molecule has 110 valence electrons. The van der Waals surface area contributed by atoms with Crippen molar-refractivity contribution in [3.8, 4) is 0 Å². The van der Waals surface area contributed by atoms with Crippen LogP contribution >= 0.6 is 0 Å². The summed E-state index contributed by atoms with van der Waals surface area (Å²) in [6.07, 6.45) is 6.30. The van der Waals surface area contributed by atoms with E-state index in [0.717, 1.165) is 17.7 Å². The summed E-state index contributed by atoms with van der Waals surface area (Å²) in [5, 5.41) is 14.1. The van der Waals surface area contributed by atoms with Gasteiger partial charge in [-0.3, -0.25) is 9.78 Å². The molecule has 1 aromatic heterocycles. The van der Waals surface area contributed by atoms with E-state index in [1.54, 1.807) is 6.20 Å². The number of rotatable bonds is 4. The van der Waals surface area contributed by atoms with Gasteiger partial charge >= 0.3 is 29.6 Å². The molecule has 0 aliphatic heterocycles. The number of hydrogen-bond acceptors (Lipinski definition) is 4. The van der Waals surface area contributed by atoms with Crippen molar-refractivity contribution in [3.63, 3.8) is 0 Å². The number of amides is 1. The summed E-state index contributed by atoms with van der Waals surface area (Å²) in [5.41, 5.74) is 1.84. The third-order valence-corrected chi connectivity index (χ3v) is 4.46. The van der Waals surface area contributed by atoms with Crippen molar-refractivity contribution < 1.29 is 44.3 Å². The number of carbonyl (C=O) groups excluding carboxylic acids is 2. The third kappa shape index (κ3) is 3.26. The van der Waals surface area contributed by atoms with Crippen molar-refractivity contribution in [1.29, 1.82) is 0 Å². The molecule has 5 nitrogen and oxygen atoms in total. The van der Waals surface area contributed by atoms with Gasteiger partial charge in [0, 0.05) is 30.3 Å². The van der Waals surface area contributed by atoms with Crippen LogP contribution in [0.3, 0.4) is 0 Å². The number of carbonyl (C=O) groups is 2. The third-order valence-electron chi connectivity index (χ3n) is 4.46. The van der Waals surface area contributed by atoms with Gasteiger partial charge in [0.25, 0.3) is 0 Å². The molecule has 0 saturated heterocycles. The van der Waals surface area contributed by atoms with Crippen LogP contribution in [-0.4, -0.2) is 16.9 Å². The number of fused-ring (bicyclic) bond motifs is 2. The van der Waals surface area contributed by atoms with Crippen LogP contribution in [0.4, 0.5) is 0 Å². The minimum atomic E-state index is -1.12. The maximum Gasteiger partial charge on any atom is 1.00 e. The number of carboxylic acids is 1. The van der Waals surface area contributed by atoms with Crippen LogP contribution in [0.25, 0.3) is 0 Å². The molecule has 4 atom stereocenters. The number of nitrogens with one attached hydrogen (secondary N) is 1. The number of pyridine rings is 1. The number of carboxylic acid groups (broad SMARTS) is 1. The molecule has 1 heterocycles. The molecule has 2 bridgehead atoms. The molecule has 0 aromatic carbocycles. The number of aryl methyl sites for hydroxylation is 1. The van der Waals surface area contributed by atoms with E-state index in [-0.39, 0.29) is 47.3 Å². The van der Waals surface area contributed by atoms with E-state index >= 15 is 0 Å². The monoisotopic (exact) mass is 308 g/mol. The first kappa shape index (κ1) is 17.2. The number of allylic oxidation sites excluding steroid dienone is 2. The SMILES string of the molecule is Cc1cc(CNC(=O)[C@H]2[C@@H](C(=O)[O-])[C@H]3C=C[C@@H]2C3)ccn1.[Na+]. The van der Waals surface area contributed by atoms with Crippen LogP contribution < -0.4 is 40.0 Å². The quantitative estimate of drug-likeness (QED) is 0.481. The average Bonchev–Trinajstić information content (AvgIpc) is 3.05. The first-order valence-electron chi connectivity index (χ1n) is 7.14. The van der Waals surface area contributed by atoms with E-state index in [9.17, 15) is 14.7 Å². The van der Waals surface area contributed by atoms with Gasteiger partial charge in [-0.1, -0.05) is 12.2 Å². The Labute approximate surface area is 151 Å². The molecule has 2 aliphatic carbocycles. The fraction of sp³-hybridized carbons (Fsp3) is 0.438. The van der Waals surface area contributed by atoms with E-state index in [4.69, 9.17) is 0 Å². The molecule has 1 aromatic rings. The molecule has 3 rings (SSSR count). The zero-order valence-corrected chi connectivity index (χ0v) is 14.8. The Morgan fingerprint density at radius 3 is 2.64 bits per heavy atom. The molecule has 0 unspecified atom stereocenters. The average molecular weight is 308 g/mol. The molecule has 0 radical (unpaired) electrons. The number of nitrogens with zero attached hydrogens (tertiary/aromatic N) is 1. The Morgan fingerprint density at radius 2 is 2.00 bits per heavy atom. The molecule has 22 heavy (non-hydrogen) atoms. The fourth-order valence-corrected chi connectivity index (χ4v) is 3.52. The molecule has 1 N–H and O–H groups in total. The van der Waals surface area contributed by atoms with E-state index < -0.39 is 17.8 Å². The van der Waals surface area contributed by atoms with Gasteiger partial charge in [0.2, 0.25) is 5.91 Å². The second kappa shape index (κ2) is 6.94. The van der Waals surface area contributed by atoms with Gasteiger partial charge in [-0.05, 0) is 42.9 Å². The summed E-state index contributed by atoms with van der Waals surface area (Å²) in [7, 11) is 0. The maximum absolute atomic E-state index is 12.4. The second-order valence-corrected chi connectivity index (χ2v) is 5.84. The summed E-state index contributed by atoms with van der Waals surface area (Å²) >= 11 is 0. The van der Waals surface area contributed by atoms with Crippen molar-refractivity contribution >= 4 is 11.9 Å². The van der Waals surface area contributed by atoms with Crippen LogP contribution in [0.5, 0.6) is 0 Å². The van der Waals surface area contributed by atoms with Crippen LogP contribution in [0.2, 0.25) is 0 Å². The van der Waals surface area contributed by atoms with Crippen molar-refractivity contribution in [2.24, 2.45) is 23.7 Å².